The molecule has 0 aliphatic carbocycles. The van der Waals surface area contributed by atoms with Crippen molar-refractivity contribution in [3.63, 3.8) is 0 Å². The molecule has 1 N–H and O–H groups in total. The van der Waals surface area contributed by atoms with Gasteiger partial charge in [0.05, 0.1) is 5.69 Å². The van der Waals surface area contributed by atoms with Gasteiger partial charge in [0.2, 0.25) is 0 Å². The molecule has 0 amide bonds. The number of aromatic nitrogens is 1. The summed E-state index contributed by atoms with van der Waals surface area (Å²) in [5, 5.41) is 3.60. The highest BCUT2D eigenvalue weighted by Crippen LogP contribution is 2.21. The molecular weight excluding hydrogens is 300 g/mol. The largest absolute Gasteiger partial charge is 0.304 e. The summed E-state index contributed by atoms with van der Waals surface area (Å²) in [6.07, 6.45) is 0. The lowest BCUT2D eigenvalue weighted by atomic mass is 9.96. The molecule has 1 unspecified atom stereocenters. The molecule has 0 saturated carbocycles. The maximum absolute atomic E-state index is 4.45. The molecule has 1 heterocycles. The molecule has 0 radical (unpaired) electrons. The Morgan fingerprint density at radius 2 is 1.79 bits per heavy atom. The molecule has 100 valence electrons. The SMILES string of the molecule is CC(C)C(NCc1cccc(Br)n1)c1ccccc1. The normalized spacial score (nSPS) is 12.6. The van der Waals surface area contributed by atoms with Crippen LogP contribution in [0, 0.1) is 5.92 Å². The van der Waals surface area contributed by atoms with E-state index in [-0.39, 0.29) is 0 Å². The molecular formula is C16H19BrN2. The molecule has 0 fully saturated rings. The van der Waals surface area contributed by atoms with Crippen LogP contribution in [0.3, 0.4) is 0 Å². The second-order valence-corrected chi connectivity index (χ2v) is 5.78. The van der Waals surface area contributed by atoms with Gasteiger partial charge in [0.25, 0.3) is 0 Å². The molecule has 1 aromatic carbocycles. The minimum atomic E-state index is 0.349. The number of pyridine rings is 1. The first-order chi connectivity index (χ1) is 9.16. The van der Waals surface area contributed by atoms with Gasteiger partial charge in [0.15, 0.2) is 0 Å². The number of nitrogens with one attached hydrogen (secondary N) is 1. The fraction of sp³-hybridized carbons (Fsp3) is 0.312. The van der Waals surface area contributed by atoms with Gasteiger partial charge >= 0.3 is 0 Å². The second-order valence-electron chi connectivity index (χ2n) is 4.96. The third kappa shape index (κ3) is 4.15. The number of nitrogens with zero attached hydrogens (tertiary/aromatic N) is 1. The zero-order valence-electron chi connectivity index (χ0n) is 11.3. The van der Waals surface area contributed by atoms with E-state index in [9.17, 15) is 0 Å². The number of hydrogen-bond donors (Lipinski definition) is 1. The van der Waals surface area contributed by atoms with E-state index in [2.05, 4.69) is 70.4 Å². The predicted molar refractivity (Wildman–Crippen MR) is 82.8 cm³/mol. The van der Waals surface area contributed by atoms with Gasteiger partial charge in [-0.05, 0) is 39.5 Å². The lowest BCUT2D eigenvalue weighted by Gasteiger charge is -2.23. The minimum absolute atomic E-state index is 0.349. The van der Waals surface area contributed by atoms with Crippen LogP contribution >= 0.6 is 15.9 Å². The molecule has 0 saturated heterocycles. The number of rotatable bonds is 5. The standard InChI is InChI=1S/C16H19BrN2/c1-12(2)16(13-7-4-3-5-8-13)18-11-14-9-6-10-15(17)19-14/h3-10,12,16,18H,11H2,1-2H3. The first kappa shape index (κ1) is 14.2. The van der Waals surface area contributed by atoms with E-state index in [4.69, 9.17) is 0 Å². The number of halogens is 1. The third-order valence-corrected chi connectivity index (χ3v) is 3.54. The van der Waals surface area contributed by atoms with Crippen molar-refractivity contribution in [3.05, 3.63) is 64.4 Å². The average Bonchev–Trinajstić information content (AvgIpc) is 2.40. The molecule has 1 aromatic heterocycles. The van der Waals surface area contributed by atoms with E-state index in [1.165, 1.54) is 5.56 Å². The van der Waals surface area contributed by atoms with Crippen LogP contribution in [-0.4, -0.2) is 4.98 Å². The second kappa shape index (κ2) is 6.83. The fourth-order valence-corrected chi connectivity index (χ4v) is 2.54. The van der Waals surface area contributed by atoms with Crippen LogP contribution in [0.4, 0.5) is 0 Å². The highest BCUT2D eigenvalue weighted by Gasteiger charge is 2.14. The fourth-order valence-electron chi connectivity index (χ4n) is 2.16. The van der Waals surface area contributed by atoms with Crippen molar-refractivity contribution in [2.75, 3.05) is 0 Å². The third-order valence-electron chi connectivity index (χ3n) is 3.10. The zero-order valence-corrected chi connectivity index (χ0v) is 12.9. The van der Waals surface area contributed by atoms with Gasteiger partial charge in [-0.25, -0.2) is 4.98 Å². The van der Waals surface area contributed by atoms with E-state index in [0.717, 1.165) is 16.8 Å². The number of benzene rings is 1. The summed E-state index contributed by atoms with van der Waals surface area (Å²) in [6, 6.07) is 16.9. The maximum atomic E-state index is 4.45. The van der Waals surface area contributed by atoms with E-state index in [0.29, 0.717) is 12.0 Å². The van der Waals surface area contributed by atoms with Crippen LogP contribution in [0.15, 0.2) is 53.1 Å². The quantitative estimate of drug-likeness (QED) is 0.830. The number of hydrogen-bond acceptors (Lipinski definition) is 2. The van der Waals surface area contributed by atoms with E-state index in [1.54, 1.807) is 0 Å². The molecule has 0 bridgehead atoms. The molecule has 0 aliphatic heterocycles. The monoisotopic (exact) mass is 318 g/mol. The van der Waals surface area contributed by atoms with Crippen LogP contribution in [0.25, 0.3) is 0 Å². The zero-order chi connectivity index (χ0) is 13.7. The van der Waals surface area contributed by atoms with Crippen molar-refractivity contribution in [2.45, 2.75) is 26.4 Å². The summed E-state index contributed by atoms with van der Waals surface area (Å²) in [6.45, 7) is 5.25. The van der Waals surface area contributed by atoms with Crippen LogP contribution in [0.1, 0.15) is 31.1 Å². The Morgan fingerprint density at radius 1 is 1.05 bits per heavy atom. The summed E-state index contributed by atoms with van der Waals surface area (Å²) in [5.41, 5.74) is 2.38. The summed E-state index contributed by atoms with van der Waals surface area (Å²) < 4.78 is 0.882. The van der Waals surface area contributed by atoms with Gasteiger partial charge < -0.3 is 5.32 Å². The van der Waals surface area contributed by atoms with Crippen molar-refractivity contribution in [2.24, 2.45) is 5.92 Å². The van der Waals surface area contributed by atoms with Gasteiger partial charge in [-0.3, -0.25) is 0 Å². The van der Waals surface area contributed by atoms with Crippen molar-refractivity contribution >= 4 is 15.9 Å². The Morgan fingerprint density at radius 3 is 2.42 bits per heavy atom. The van der Waals surface area contributed by atoms with E-state index < -0.39 is 0 Å². The summed E-state index contributed by atoms with van der Waals surface area (Å²) in [5.74, 6) is 0.537. The topological polar surface area (TPSA) is 24.9 Å². The predicted octanol–water partition coefficient (Wildman–Crippen LogP) is 4.33. The van der Waals surface area contributed by atoms with Gasteiger partial charge in [-0.2, -0.15) is 0 Å². The molecule has 19 heavy (non-hydrogen) atoms. The van der Waals surface area contributed by atoms with Crippen molar-refractivity contribution in [3.8, 4) is 0 Å². The van der Waals surface area contributed by atoms with E-state index >= 15 is 0 Å². The Balaban J connectivity index is 2.06. The lowest BCUT2D eigenvalue weighted by molar-refractivity contribution is 0.408. The molecule has 2 rings (SSSR count). The molecule has 2 aromatic rings. The molecule has 0 aliphatic rings. The summed E-state index contributed by atoms with van der Waals surface area (Å²) in [7, 11) is 0. The Bertz CT molecular complexity index is 511. The van der Waals surface area contributed by atoms with Crippen LogP contribution in [0.5, 0.6) is 0 Å². The molecule has 2 nitrogen and oxygen atoms in total. The Kier molecular flexibility index (Phi) is 5.11. The molecule has 0 spiro atoms. The van der Waals surface area contributed by atoms with Crippen LogP contribution in [-0.2, 0) is 6.54 Å². The Hall–Kier alpha value is -1.19. The smallest absolute Gasteiger partial charge is 0.106 e. The van der Waals surface area contributed by atoms with Gasteiger partial charge in [-0.15, -0.1) is 0 Å². The van der Waals surface area contributed by atoms with Crippen molar-refractivity contribution in [1.82, 2.24) is 10.3 Å². The molecule has 1 atom stereocenters. The average molecular weight is 319 g/mol. The highest BCUT2D eigenvalue weighted by molar-refractivity contribution is 9.10. The minimum Gasteiger partial charge on any atom is -0.304 e. The van der Waals surface area contributed by atoms with Crippen LogP contribution in [0.2, 0.25) is 0 Å². The first-order valence-corrected chi connectivity index (χ1v) is 7.36. The van der Waals surface area contributed by atoms with Gasteiger partial charge in [0, 0.05) is 12.6 Å². The lowest BCUT2D eigenvalue weighted by Crippen LogP contribution is -2.25. The van der Waals surface area contributed by atoms with E-state index in [1.807, 2.05) is 18.2 Å². The van der Waals surface area contributed by atoms with Gasteiger partial charge in [-0.1, -0.05) is 50.2 Å². The van der Waals surface area contributed by atoms with Crippen molar-refractivity contribution < 1.29 is 0 Å². The summed E-state index contributed by atoms with van der Waals surface area (Å²) >= 11 is 3.40. The van der Waals surface area contributed by atoms with Crippen LogP contribution < -0.4 is 5.32 Å². The first-order valence-electron chi connectivity index (χ1n) is 6.56. The highest BCUT2D eigenvalue weighted by atomic mass is 79.9. The van der Waals surface area contributed by atoms with Gasteiger partial charge in [0.1, 0.15) is 4.60 Å². The maximum Gasteiger partial charge on any atom is 0.106 e. The van der Waals surface area contributed by atoms with Crippen molar-refractivity contribution in [1.29, 1.82) is 0 Å². The summed E-state index contributed by atoms with van der Waals surface area (Å²) in [4.78, 5) is 4.45. The Labute approximate surface area is 123 Å². The molecule has 3 heteroatoms.